The highest BCUT2D eigenvalue weighted by Gasteiger charge is 2.31. The molecule has 1 amide bonds. The highest BCUT2D eigenvalue weighted by Crippen LogP contribution is 2.36. The van der Waals surface area contributed by atoms with Crippen LogP contribution in [0.15, 0.2) is 12.1 Å². The van der Waals surface area contributed by atoms with Gasteiger partial charge in [0.1, 0.15) is 5.69 Å². The van der Waals surface area contributed by atoms with Crippen LogP contribution in [0.25, 0.3) is 0 Å². The number of carbonyl (C=O) groups excluding carboxylic acids is 1. The Kier molecular flexibility index (Phi) is 6.02. The average molecular weight is 394 g/mol. The van der Waals surface area contributed by atoms with E-state index in [0.29, 0.717) is 31.0 Å². The zero-order chi connectivity index (χ0) is 20.4. The third kappa shape index (κ3) is 4.04. The monoisotopic (exact) mass is 394 g/mol. The highest BCUT2D eigenvalue weighted by atomic mass is 19.1. The van der Waals surface area contributed by atoms with Crippen LogP contribution in [0.5, 0.6) is 0 Å². The van der Waals surface area contributed by atoms with Crippen molar-refractivity contribution in [1.29, 1.82) is 0 Å². The van der Waals surface area contributed by atoms with Crippen molar-refractivity contribution < 1.29 is 19.0 Å². The van der Waals surface area contributed by atoms with Crippen LogP contribution < -0.4 is 14.7 Å². The molecule has 2 aliphatic rings. The summed E-state index contributed by atoms with van der Waals surface area (Å²) in [5, 5.41) is 11.6. The summed E-state index contributed by atoms with van der Waals surface area (Å²) in [6, 6.07) is 2.61. The Morgan fingerprint density at radius 3 is 2.43 bits per heavy atom. The Balaban J connectivity index is 1.89. The number of hydrogen-bond acceptors (Lipinski definition) is 5. The first-order valence-corrected chi connectivity index (χ1v) is 9.90. The molecule has 1 atom stereocenters. The van der Waals surface area contributed by atoms with Gasteiger partial charge in [-0.3, -0.25) is 14.9 Å². The zero-order valence-electron chi connectivity index (χ0n) is 16.8. The van der Waals surface area contributed by atoms with E-state index in [1.54, 1.807) is 11.0 Å². The SMILES string of the molecule is CC[NH+]1CCN(c2cc(N3CCN(C(C)=O)[C@@H](C)C3)c([N+](=O)[O-])cc2F)CC1. The van der Waals surface area contributed by atoms with Gasteiger partial charge in [0.05, 0.1) is 49.4 Å². The first kappa shape index (κ1) is 20.3. The molecule has 9 heteroatoms. The van der Waals surface area contributed by atoms with Crippen molar-refractivity contribution in [3.63, 3.8) is 0 Å². The van der Waals surface area contributed by atoms with Crippen molar-refractivity contribution in [2.75, 3.05) is 62.2 Å². The maximum absolute atomic E-state index is 14.7. The van der Waals surface area contributed by atoms with E-state index in [-0.39, 0.29) is 17.6 Å². The summed E-state index contributed by atoms with van der Waals surface area (Å²) in [5.74, 6) is -0.552. The van der Waals surface area contributed by atoms with Gasteiger partial charge in [-0.15, -0.1) is 0 Å². The molecule has 0 unspecified atom stereocenters. The Bertz CT molecular complexity index is 751. The Hall–Kier alpha value is -2.42. The number of amides is 1. The molecule has 0 radical (unpaired) electrons. The van der Waals surface area contributed by atoms with Crippen molar-refractivity contribution in [3.8, 4) is 0 Å². The van der Waals surface area contributed by atoms with Crippen molar-refractivity contribution in [2.24, 2.45) is 0 Å². The minimum Gasteiger partial charge on any atom is -0.362 e. The van der Waals surface area contributed by atoms with Crippen LogP contribution >= 0.6 is 0 Å². The topological polar surface area (TPSA) is 74.4 Å². The van der Waals surface area contributed by atoms with Crippen LogP contribution in [0.1, 0.15) is 20.8 Å². The maximum Gasteiger partial charge on any atom is 0.295 e. The van der Waals surface area contributed by atoms with Gasteiger partial charge in [-0.05, 0) is 19.9 Å². The molecule has 0 saturated carbocycles. The molecular formula is C19H29FN5O3+. The van der Waals surface area contributed by atoms with E-state index < -0.39 is 10.7 Å². The molecule has 1 N–H and O–H groups in total. The van der Waals surface area contributed by atoms with Gasteiger partial charge >= 0.3 is 0 Å². The number of piperazine rings is 2. The minimum atomic E-state index is -0.550. The Labute approximate surface area is 164 Å². The summed E-state index contributed by atoms with van der Waals surface area (Å²) >= 11 is 0. The molecule has 2 aliphatic heterocycles. The molecule has 1 aromatic rings. The third-order valence-corrected chi connectivity index (χ3v) is 5.92. The van der Waals surface area contributed by atoms with Crippen LogP contribution in [0.2, 0.25) is 0 Å². The van der Waals surface area contributed by atoms with Gasteiger partial charge < -0.3 is 19.6 Å². The van der Waals surface area contributed by atoms with Gasteiger partial charge in [0, 0.05) is 32.6 Å². The van der Waals surface area contributed by atoms with Crippen molar-refractivity contribution >= 4 is 23.0 Å². The zero-order valence-corrected chi connectivity index (χ0v) is 16.8. The maximum atomic E-state index is 14.7. The number of hydrogen-bond donors (Lipinski definition) is 1. The molecule has 1 aromatic carbocycles. The van der Waals surface area contributed by atoms with Crippen LogP contribution in [0.4, 0.5) is 21.5 Å². The number of rotatable bonds is 4. The number of likely N-dealkylation sites (N-methyl/N-ethyl adjacent to an activating group) is 1. The number of halogens is 1. The fraction of sp³-hybridized carbons (Fsp3) is 0.632. The van der Waals surface area contributed by atoms with E-state index in [4.69, 9.17) is 0 Å². The number of nitro benzene ring substituents is 1. The molecule has 0 bridgehead atoms. The lowest BCUT2D eigenvalue weighted by Crippen LogP contribution is -3.14. The molecule has 154 valence electrons. The molecule has 2 fully saturated rings. The molecule has 3 rings (SSSR count). The Morgan fingerprint density at radius 1 is 1.21 bits per heavy atom. The van der Waals surface area contributed by atoms with Crippen molar-refractivity contribution in [1.82, 2.24) is 4.90 Å². The van der Waals surface area contributed by atoms with E-state index >= 15 is 0 Å². The van der Waals surface area contributed by atoms with Crippen molar-refractivity contribution in [2.45, 2.75) is 26.8 Å². The molecule has 28 heavy (non-hydrogen) atoms. The second-order valence-corrected chi connectivity index (χ2v) is 7.65. The number of nitrogens with zero attached hydrogens (tertiary/aromatic N) is 4. The summed E-state index contributed by atoms with van der Waals surface area (Å²) in [6.45, 7) is 11.4. The predicted molar refractivity (Wildman–Crippen MR) is 106 cm³/mol. The standard InChI is InChI=1S/C19H28FN5O3/c1-4-21-5-7-22(8-6-21)17-12-18(19(25(27)28)11-16(17)20)23-9-10-24(15(3)26)14(2)13-23/h11-12,14H,4-10,13H2,1-3H3/p+1/t14-/m0/s1. The third-order valence-electron chi connectivity index (χ3n) is 5.92. The fourth-order valence-corrected chi connectivity index (χ4v) is 4.24. The fourth-order valence-electron chi connectivity index (χ4n) is 4.24. The molecule has 2 saturated heterocycles. The van der Waals surface area contributed by atoms with Crippen LogP contribution in [0, 0.1) is 15.9 Å². The van der Waals surface area contributed by atoms with E-state index in [1.165, 1.54) is 11.8 Å². The smallest absolute Gasteiger partial charge is 0.295 e. The summed E-state index contributed by atoms with van der Waals surface area (Å²) in [7, 11) is 0. The van der Waals surface area contributed by atoms with Gasteiger partial charge in [-0.1, -0.05) is 0 Å². The average Bonchev–Trinajstić information content (AvgIpc) is 2.67. The predicted octanol–water partition coefficient (Wildman–Crippen LogP) is 0.516. The number of benzene rings is 1. The van der Waals surface area contributed by atoms with E-state index in [2.05, 4.69) is 6.92 Å². The first-order chi connectivity index (χ1) is 13.3. The molecule has 0 aromatic heterocycles. The van der Waals surface area contributed by atoms with Crippen molar-refractivity contribution in [3.05, 3.63) is 28.1 Å². The van der Waals surface area contributed by atoms with Gasteiger partial charge in [-0.2, -0.15) is 0 Å². The van der Waals surface area contributed by atoms with E-state index in [0.717, 1.165) is 38.8 Å². The number of nitro groups is 1. The quantitative estimate of drug-likeness (QED) is 0.595. The molecule has 8 nitrogen and oxygen atoms in total. The molecular weight excluding hydrogens is 365 g/mol. The summed E-state index contributed by atoms with van der Waals surface area (Å²) in [6.07, 6.45) is 0. The van der Waals surface area contributed by atoms with Gasteiger partial charge in [0.15, 0.2) is 5.82 Å². The number of anilines is 2. The van der Waals surface area contributed by atoms with Crippen LogP contribution in [-0.2, 0) is 4.79 Å². The summed E-state index contributed by atoms with van der Waals surface area (Å²) in [4.78, 5) is 29.9. The normalized spacial score (nSPS) is 21.1. The van der Waals surface area contributed by atoms with Crippen LogP contribution in [-0.4, -0.2) is 74.1 Å². The molecule has 2 heterocycles. The first-order valence-electron chi connectivity index (χ1n) is 9.90. The highest BCUT2D eigenvalue weighted by molar-refractivity contribution is 5.75. The summed E-state index contributed by atoms with van der Waals surface area (Å²) in [5.41, 5.74) is 0.640. The second kappa shape index (κ2) is 8.30. The minimum absolute atomic E-state index is 0.00209. The number of nitrogens with one attached hydrogen (secondary N) is 1. The lowest BCUT2D eigenvalue weighted by Gasteiger charge is -2.40. The van der Waals surface area contributed by atoms with E-state index in [1.807, 2.05) is 16.7 Å². The van der Waals surface area contributed by atoms with Gasteiger partial charge in [0.2, 0.25) is 5.91 Å². The molecule has 0 aliphatic carbocycles. The molecule has 0 spiro atoms. The van der Waals surface area contributed by atoms with Crippen LogP contribution in [0.3, 0.4) is 0 Å². The van der Waals surface area contributed by atoms with Gasteiger partial charge in [-0.25, -0.2) is 4.39 Å². The van der Waals surface area contributed by atoms with E-state index in [9.17, 15) is 19.3 Å². The number of carbonyl (C=O) groups is 1. The van der Waals surface area contributed by atoms with Gasteiger partial charge in [0.25, 0.3) is 5.69 Å². The second-order valence-electron chi connectivity index (χ2n) is 7.65. The number of quaternary nitrogens is 1. The largest absolute Gasteiger partial charge is 0.362 e. The lowest BCUT2D eigenvalue weighted by atomic mass is 10.1. The lowest BCUT2D eigenvalue weighted by molar-refractivity contribution is -0.898. The summed E-state index contributed by atoms with van der Waals surface area (Å²) < 4.78 is 14.7. The Morgan fingerprint density at radius 2 is 1.89 bits per heavy atom.